The third-order valence-corrected chi connectivity index (χ3v) is 7.22. The molecule has 2 aliphatic rings. The van der Waals surface area contributed by atoms with Gasteiger partial charge in [-0.2, -0.15) is 0 Å². The highest BCUT2D eigenvalue weighted by Crippen LogP contribution is 2.40. The van der Waals surface area contributed by atoms with Gasteiger partial charge in [-0.3, -0.25) is 4.40 Å². The van der Waals surface area contributed by atoms with Gasteiger partial charge in [0, 0.05) is 42.3 Å². The first-order valence-electron chi connectivity index (χ1n) is 9.77. The van der Waals surface area contributed by atoms with Crippen molar-refractivity contribution in [3.05, 3.63) is 46.4 Å². The van der Waals surface area contributed by atoms with Crippen LogP contribution in [0, 0.1) is 0 Å². The van der Waals surface area contributed by atoms with Crippen LogP contribution in [-0.2, 0) is 0 Å². The van der Waals surface area contributed by atoms with Crippen molar-refractivity contribution >= 4 is 44.6 Å². The fourth-order valence-electron chi connectivity index (χ4n) is 4.11. The Balaban J connectivity index is 1.24. The van der Waals surface area contributed by atoms with Gasteiger partial charge in [-0.25, -0.2) is 9.97 Å². The first kappa shape index (κ1) is 16.7. The van der Waals surface area contributed by atoms with Crippen molar-refractivity contribution in [2.24, 2.45) is 0 Å². The summed E-state index contributed by atoms with van der Waals surface area (Å²) in [7, 11) is 0. The molecule has 4 heterocycles. The van der Waals surface area contributed by atoms with Gasteiger partial charge in [0.25, 0.3) is 0 Å². The van der Waals surface area contributed by atoms with Gasteiger partial charge in [0.1, 0.15) is 5.82 Å². The molecule has 0 spiro atoms. The number of fused-ring (bicyclic) bond motifs is 2. The van der Waals surface area contributed by atoms with Gasteiger partial charge in [-0.05, 0) is 43.9 Å². The van der Waals surface area contributed by atoms with Crippen molar-refractivity contribution in [2.45, 2.75) is 37.5 Å². The summed E-state index contributed by atoms with van der Waals surface area (Å²) in [6.07, 6.45) is 8.45. The molecular weight excluding hydrogens is 392 g/mol. The summed E-state index contributed by atoms with van der Waals surface area (Å²) in [4.78, 5) is 11.8. The predicted octanol–water partition coefficient (Wildman–Crippen LogP) is 4.65. The second-order valence-corrected chi connectivity index (χ2v) is 9.20. The third-order valence-electron chi connectivity index (χ3n) is 5.79. The Kier molecular flexibility index (Phi) is 3.81. The molecule has 8 heteroatoms. The highest BCUT2D eigenvalue weighted by Gasteiger charge is 2.30. The Morgan fingerprint density at radius 3 is 2.71 bits per heavy atom. The Morgan fingerprint density at radius 2 is 1.89 bits per heavy atom. The standard InChI is InChI=1S/C20H19ClN6S/c21-14-3-4-16-15(11-14)23-20(28-16)13-5-8-26(9-6-13)18-19-25-24-17(12-1-2-12)27(19)10-7-22-18/h3-4,7,10-13H,1-2,5-6,8-9H2. The second-order valence-electron chi connectivity index (χ2n) is 7.70. The Labute approximate surface area is 171 Å². The zero-order chi connectivity index (χ0) is 18.7. The van der Waals surface area contributed by atoms with Crippen LogP contribution >= 0.6 is 22.9 Å². The number of thiazole rings is 1. The molecule has 4 aromatic rings. The molecule has 142 valence electrons. The van der Waals surface area contributed by atoms with E-state index in [1.54, 1.807) is 11.3 Å². The van der Waals surface area contributed by atoms with E-state index in [0.29, 0.717) is 11.8 Å². The molecule has 1 aromatic carbocycles. The molecule has 0 unspecified atom stereocenters. The number of hydrogen-bond donors (Lipinski definition) is 0. The summed E-state index contributed by atoms with van der Waals surface area (Å²) < 4.78 is 3.34. The largest absolute Gasteiger partial charge is 0.353 e. The lowest BCUT2D eigenvalue weighted by molar-refractivity contribution is 0.502. The van der Waals surface area contributed by atoms with Crippen LogP contribution in [0.2, 0.25) is 5.02 Å². The molecule has 6 nitrogen and oxygen atoms in total. The van der Waals surface area contributed by atoms with E-state index in [-0.39, 0.29) is 0 Å². The Hall–Kier alpha value is -2.25. The molecule has 0 N–H and O–H groups in total. The van der Waals surface area contributed by atoms with Gasteiger partial charge in [-0.1, -0.05) is 11.6 Å². The van der Waals surface area contributed by atoms with Gasteiger partial charge in [-0.15, -0.1) is 21.5 Å². The second kappa shape index (κ2) is 6.39. The lowest BCUT2D eigenvalue weighted by atomic mass is 9.97. The van der Waals surface area contributed by atoms with Crippen molar-refractivity contribution in [1.29, 1.82) is 0 Å². The van der Waals surface area contributed by atoms with Crippen molar-refractivity contribution in [1.82, 2.24) is 24.6 Å². The van der Waals surface area contributed by atoms with E-state index < -0.39 is 0 Å². The predicted molar refractivity (Wildman–Crippen MR) is 112 cm³/mol. The van der Waals surface area contributed by atoms with E-state index in [1.807, 2.05) is 24.5 Å². The molecule has 1 aliphatic heterocycles. The van der Waals surface area contributed by atoms with Crippen molar-refractivity contribution in [2.75, 3.05) is 18.0 Å². The van der Waals surface area contributed by atoms with Gasteiger partial charge < -0.3 is 4.90 Å². The number of anilines is 1. The average Bonchev–Trinajstić information content (AvgIpc) is 3.33. The maximum atomic E-state index is 6.11. The molecule has 1 aliphatic carbocycles. The lowest BCUT2D eigenvalue weighted by Crippen LogP contribution is -2.33. The quantitative estimate of drug-likeness (QED) is 0.492. The van der Waals surface area contributed by atoms with Crippen LogP contribution in [0.1, 0.15) is 48.4 Å². The van der Waals surface area contributed by atoms with Crippen LogP contribution in [0.3, 0.4) is 0 Å². The summed E-state index contributed by atoms with van der Waals surface area (Å²) in [6, 6.07) is 5.97. The molecule has 28 heavy (non-hydrogen) atoms. The molecule has 3 aromatic heterocycles. The van der Waals surface area contributed by atoms with Crippen LogP contribution in [0.4, 0.5) is 5.82 Å². The SMILES string of the molecule is Clc1ccc2sc(C3CCN(c4nccn5c(C6CC6)nnc45)CC3)nc2c1. The number of piperidine rings is 1. The summed E-state index contributed by atoms with van der Waals surface area (Å²) in [5.41, 5.74) is 1.90. The molecule has 0 atom stereocenters. The number of benzene rings is 1. The average molecular weight is 411 g/mol. The van der Waals surface area contributed by atoms with E-state index in [9.17, 15) is 0 Å². The fraction of sp³-hybridized carbons (Fsp3) is 0.400. The summed E-state index contributed by atoms with van der Waals surface area (Å²) >= 11 is 7.91. The molecule has 1 saturated heterocycles. The maximum Gasteiger partial charge on any atom is 0.203 e. The van der Waals surface area contributed by atoms with Crippen molar-refractivity contribution < 1.29 is 0 Å². The van der Waals surface area contributed by atoms with E-state index in [2.05, 4.69) is 30.5 Å². The van der Waals surface area contributed by atoms with E-state index >= 15 is 0 Å². The lowest BCUT2D eigenvalue weighted by Gasteiger charge is -2.31. The number of halogens is 1. The van der Waals surface area contributed by atoms with Gasteiger partial charge in [0.15, 0.2) is 5.82 Å². The minimum Gasteiger partial charge on any atom is -0.353 e. The minimum atomic E-state index is 0.493. The number of rotatable bonds is 3. The van der Waals surface area contributed by atoms with Crippen molar-refractivity contribution in [3.63, 3.8) is 0 Å². The molecule has 0 radical (unpaired) electrons. The summed E-state index contributed by atoms with van der Waals surface area (Å²) in [5.74, 6) is 3.11. The van der Waals surface area contributed by atoms with Crippen molar-refractivity contribution in [3.8, 4) is 0 Å². The first-order chi connectivity index (χ1) is 13.8. The third kappa shape index (κ3) is 2.76. The molecular formula is C20H19ClN6S. The summed E-state index contributed by atoms with van der Waals surface area (Å²) in [6.45, 7) is 1.92. The number of nitrogens with zero attached hydrogens (tertiary/aromatic N) is 6. The zero-order valence-corrected chi connectivity index (χ0v) is 16.8. The van der Waals surface area contributed by atoms with Crippen LogP contribution in [0.15, 0.2) is 30.6 Å². The Morgan fingerprint density at radius 1 is 1.04 bits per heavy atom. The zero-order valence-electron chi connectivity index (χ0n) is 15.3. The topological polar surface area (TPSA) is 59.2 Å². The number of aromatic nitrogens is 5. The molecule has 0 amide bonds. The van der Waals surface area contributed by atoms with Gasteiger partial charge >= 0.3 is 0 Å². The van der Waals surface area contributed by atoms with Gasteiger partial charge in [0.05, 0.1) is 15.2 Å². The first-order valence-corrected chi connectivity index (χ1v) is 11.0. The smallest absolute Gasteiger partial charge is 0.203 e. The molecule has 2 fully saturated rings. The molecule has 0 bridgehead atoms. The van der Waals surface area contributed by atoms with Crippen LogP contribution in [-0.4, -0.2) is 37.7 Å². The van der Waals surface area contributed by atoms with E-state index in [4.69, 9.17) is 16.6 Å². The van der Waals surface area contributed by atoms with Crippen LogP contribution in [0.5, 0.6) is 0 Å². The van der Waals surface area contributed by atoms with Gasteiger partial charge in [0.2, 0.25) is 5.65 Å². The molecule has 6 rings (SSSR count). The summed E-state index contributed by atoms with van der Waals surface area (Å²) in [5, 5.41) is 10.9. The highest BCUT2D eigenvalue weighted by atomic mass is 35.5. The molecule has 1 saturated carbocycles. The van der Waals surface area contributed by atoms with E-state index in [1.165, 1.54) is 22.5 Å². The maximum absolute atomic E-state index is 6.11. The normalized spacial score (nSPS) is 18.4. The number of hydrogen-bond acceptors (Lipinski definition) is 6. The van der Waals surface area contributed by atoms with E-state index in [0.717, 1.165) is 53.8 Å². The Bertz CT molecular complexity index is 1170. The minimum absolute atomic E-state index is 0.493. The monoisotopic (exact) mass is 410 g/mol. The van der Waals surface area contributed by atoms with Crippen LogP contribution < -0.4 is 4.90 Å². The highest BCUT2D eigenvalue weighted by molar-refractivity contribution is 7.18. The van der Waals surface area contributed by atoms with Crippen LogP contribution in [0.25, 0.3) is 15.9 Å². The fourth-order valence-corrected chi connectivity index (χ4v) is 5.39.